The summed E-state index contributed by atoms with van der Waals surface area (Å²) in [5, 5.41) is 24.0. The van der Waals surface area contributed by atoms with Gasteiger partial charge in [-0.2, -0.15) is 5.10 Å². The van der Waals surface area contributed by atoms with Crippen molar-refractivity contribution in [2.45, 2.75) is 32.9 Å². The maximum absolute atomic E-state index is 11.4. The Balaban J connectivity index is 2.33. The lowest BCUT2D eigenvalue weighted by atomic mass is 10.3. The van der Waals surface area contributed by atoms with Crippen molar-refractivity contribution in [1.82, 2.24) is 15.1 Å². The van der Waals surface area contributed by atoms with E-state index in [-0.39, 0.29) is 18.9 Å². The minimum Gasteiger partial charge on any atom is -0.479 e. The Bertz CT molecular complexity index is 441. The van der Waals surface area contributed by atoms with Crippen molar-refractivity contribution in [1.29, 1.82) is 0 Å². The average molecular weight is 255 g/mol. The molecule has 0 aliphatic heterocycles. The van der Waals surface area contributed by atoms with Crippen LogP contribution in [0.1, 0.15) is 17.8 Å². The van der Waals surface area contributed by atoms with Gasteiger partial charge in [-0.1, -0.05) is 0 Å². The van der Waals surface area contributed by atoms with Crippen LogP contribution in [0.4, 0.5) is 0 Å². The molecule has 100 valence electrons. The number of hydrogen-bond acceptors (Lipinski definition) is 4. The lowest BCUT2D eigenvalue weighted by molar-refractivity contribution is -0.146. The Hall–Kier alpha value is -1.89. The lowest BCUT2D eigenvalue weighted by Crippen LogP contribution is -2.36. The average Bonchev–Trinajstić information content (AvgIpc) is 2.61. The SMILES string of the molecule is Cc1cc(C)n(CCC(=O)NCC(O)C(=O)O)n1. The number of carbonyl (C=O) groups is 2. The van der Waals surface area contributed by atoms with Crippen LogP contribution >= 0.6 is 0 Å². The summed E-state index contributed by atoms with van der Waals surface area (Å²) in [7, 11) is 0. The van der Waals surface area contributed by atoms with E-state index in [4.69, 9.17) is 10.2 Å². The van der Waals surface area contributed by atoms with Crippen molar-refractivity contribution in [3.05, 3.63) is 17.5 Å². The normalized spacial score (nSPS) is 12.2. The molecule has 1 amide bonds. The largest absolute Gasteiger partial charge is 0.479 e. The van der Waals surface area contributed by atoms with E-state index in [1.54, 1.807) is 4.68 Å². The van der Waals surface area contributed by atoms with Crippen LogP contribution in [0.15, 0.2) is 6.07 Å². The molecule has 1 unspecified atom stereocenters. The van der Waals surface area contributed by atoms with Crippen molar-refractivity contribution < 1.29 is 19.8 Å². The minimum atomic E-state index is -1.57. The number of aliphatic hydroxyl groups excluding tert-OH is 1. The lowest BCUT2D eigenvalue weighted by Gasteiger charge is -2.08. The minimum absolute atomic E-state index is 0.189. The highest BCUT2D eigenvalue weighted by molar-refractivity contribution is 5.77. The zero-order chi connectivity index (χ0) is 13.7. The summed E-state index contributed by atoms with van der Waals surface area (Å²) in [5.74, 6) is -1.67. The van der Waals surface area contributed by atoms with Crippen LogP contribution in [0.3, 0.4) is 0 Å². The summed E-state index contributed by atoms with van der Waals surface area (Å²) in [4.78, 5) is 21.7. The van der Waals surface area contributed by atoms with Gasteiger partial charge in [-0.3, -0.25) is 9.48 Å². The Morgan fingerprint density at radius 2 is 2.17 bits per heavy atom. The molecule has 0 saturated heterocycles. The van der Waals surface area contributed by atoms with E-state index in [1.165, 1.54) is 0 Å². The van der Waals surface area contributed by atoms with Crippen LogP contribution in [0.25, 0.3) is 0 Å². The Morgan fingerprint density at radius 3 is 2.67 bits per heavy atom. The molecule has 1 aromatic heterocycles. The molecule has 1 atom stereocenters. The predicted octanol–water partition coefficient (Wildman–Crippen LogP) is -0.548. The Labute approximate surface area is 104 Å². The van der Waals surface area contributed by atoms with Gasteiger partial charge in [0.2, 0.25) is 5.91 Å². The van der Waals surface area contributed by atoms with Crippen molar-refractivity contribution in [2.75, 3.05) is 6.54 Å². The molecule has 0 aromatic carbocycles. The highest BCUT2D eigenvalue weighted by Crippen LogP contribution is 2.02. The fraction of sp³-hybridized carbons (Fsp3) is 0.545. The molecule has 1 heterocycles. The highest BCUT2D eigenvalue weighted by atomic mass is 16.4. The van der Waals surface area contributed by atoms with E-state index in [2.05, 4.69) is 10.4 Å². The van der Waals surface area contributed by atoms with Crippen molar-refractivity contribution in [3.63, 3.8) is 0 Å². The Kier molecular flexibility index (Phi) is 4.85. The number of rotatable bonds is 6. The molecule has 1 aromatic rings. The first-order valence-electron chi connectivity index (χ1n) is 5.58. The molecular formula is C11H17N3O4. The first-order valence-corrected chi connectivity index (χ1v) is 5.58. The molecular weight excluding hydrogens is 238 g/mol. The molecule has 0 bridgehead atoms. The third kappa shape index (κ3) is 4.17. The van der Waals surface area contributed by atoms with Crippen LogP contribution in [0, 0.1) is 13.8 Å². The number of amides is 1. The Morgan fingerprint density at radius 1 is 1.50 bits per heavy atom. The number of aliphatic hydroxyl groups is 1. The number of hydrogen-bond donors (Lipinski definition) is 3. The van der Waals surface area contributed by atoms with Crippen LogP contribution < -0.4 is 5.32 Å². The smallest absolute Gasteiger partial charge is 0.334 e. The van der Waals surface area contributed by atoms with Gasteiger partial charge in [-0.05, 0) is 19.9 Å². The van der Waals surface area contributed by atoms with Crippen LogP contribution in [-0.4, -0.2) is 44.5 Å². The third-order valence-corrected chi connectivity index (χ3v) is 2.43. The second kappa shape index (κ2) is 6.15. The summed E-state index contributed by atoms with van der Waals surface area (Å²) in [6.07, 6.45) is -1.38. The quantitative estimate of drug-likeness (QED) is 0.632. The topological polar surface area (TPSA) is 104 Å². The molecule has 0 aliphatic carbocycles. The van der Waals surface area contributed by atoms with Crippen molar-refractivity contribution in [2.24, 2.45) is 0 Å². The zero-order valence-electron chi connectivity index (χ0n) is 10.4. The molecule has 0 saturated carbocycles. The standard InChI is InChI=1S/C11H17N3O4/c1-7-5-8(2)14(13-7)4-3-10(16)12-6-9(15)11(17)18/h5,9,15H,3-4,6H2,1-2H3,(H,12,16)(H,17,18). The molecule has 0 spiro atoms. The number of aromatic nitrogens is 2. The third-order valence-electron chi connectivity index (χ3n) is 2.43. The number of aryl methyl sites for hydroxylation is 3. The van der Waals surface area contributed by atoms with Crippen LogP contribution in [0.2, 0.25) is 0 Å². The van der Waals surface area contributed by atoms with Gasteiger partial charge in [0, 0.05) is 18.7 Å². The van der Waals surface area contributed by atoms with Gasteiger partial charge in [0.1, 0.15) is 0 Å². The summed E-state index contributed by atoms with van der Waals surface area (Å²) in [6, 6.07) is 1.91. The maximum atomic E-state index is 11.4. The number of carbonyl (C=O) groups excluding carboxylic acids is 1. The van der Waals surface area contributed by atoms with Gasteiger partial charge in [0.25, 0.3) is 0 Å². The second-order valence-electron chi connectivity index (χ2n) is 4.06. The summed E-state index contributed by atoms with van der Waals surface area (Å²) in [6.45, 7) is 3.90. The van der Waals surface area contributed by atoms with Crippen molar-refractivity contribution in [3.8, 4) is 0 Å². The number of nitrogens with one attached hydrogen (secondary N) is 1. The van der Waals surface area contributed by atoms with Gasteiger partial charge in [0.15, 0.2) is 6.10 Å². The molecule has 7 heteroatoms. The highest BCUT2D eigenvalue weighted by Gasteiger charge is 2.14. The van der Waals surface area contributed by atoms with Gasteiger partial charge in [0.05, 0.1) is 12.2 Å². The van der Waals surface area contributed by atoms with E-state index in [9.17, 15) is 9.59 Å². The molecule has 0 aliphatic rings. The fourth-order valence-corrected chi connectivity index (χ4v) is 1.49. The molecule has 0 fully saturated rings. The molecule has 7 nitrogen and oxygen atoms in total. The second-order valence-corrected chi connectivity index (χ2v) is 4.06. The number of carboxylic acids is 1. The number of nitrogens with zero attached hydrogens (tertiary/aromatic N) is 2. The number of carboxylic acid groups (broad SMARTS) is 1. The number of aliphatic carboxylic acids is 1. The summed E-state index contributed by atoms with van der Waals surface area (Å²) >= 11 is 0. The van der Waals surface area contributed by atoms with Crippen molar-refractivity contribution >= 4 is 11.9 Å². The first-order chi connectivity index (χ1) is 8.40. The molecule has 1 rings (SSSR count). The fourth-order valence-electron chi connectivity index (χ4n) is 1.49. The maximum Gasteiger partial charge on any atom is 0.334 e. The van der Waals surface area contributed by atoms with Gasteiger partial charge < -0.3 is 15.5 Å². The van der Waals surface area contributed by atoms with Gasteiger partial charge in [-0.15, -0.1) is 0 Å². The van der Waals surface area contributed by atoms with E-state index in [0.717, 1.165) is 11.4 Å². The van der Waals surface area contributed by atoms with Gasteiger partial charge in [-0.25, -0.2) is 4.79 Å². The van der Waals surface area contributed by atoms with Crippen LogP contribution in [0.5, 0.6) is 0 Å². The molecule has 18 heavy (non-hydrogen) atoms. The first kappa shape index (κ1) is 14.2. The summed E-state index contributed by atoms with van der Waals surface area (Å²) < 4.78 is 1.71. The predicted molar refractivity (Wildman–Crippen MR) is 63.0 cm³/mol. The summed E-state index contributed by atoms with van der Waals surface area (Å²) in [5.41, 5.74) is 1.85. The zero-order valence-corrected chi connectivity index (χ0v) is 10.4. The van der Waals surface area contributed by atoms with E-state index in [1.807, 2.05) is 19.9 Å². The molecule has 3 N–H and O–H groups in total. The monoisotopic (exact) mass is 255 g/mol. The van der Waals surface area contributed by atoms with E-state index < -0.39 is 12.1 Å². The molecule has 0 radical (unpaired) electrons. The van der Waals surface area contributed by atoms with E-state index in [0.29, 0.717) is 6.54 Å². The van der Waals surface area contributed by atoms with Crippen LogP contribution in [-0.2, 0) is 16.1 Å². The van der Waals surface area contributed by atoms with Gasteiger partial charge >= 0.3 is 5.97 Å². The van der Waals surface area contributed by atoms with E-state index >= 15 is 0 Å².